The molecule has 1 saturated heterocycles. The normalized spacial score (nSPS) is 15.2. The number of likely N-dealkylation sites (tertiary alicyclic amines) is 1. The fourth-order valence-electron chi connectivity index (χ4n) is 4.47. The molecule has 0 bridgehead atoms. The van der Waals surface area contributed by atoms with Crippen molar-refractivity contribution in [1.82, 2.24) is 4.90 Å². The Kier molecular flexibility index (Phi) is 18.2. The van der Waals surface area contributed by atoms with E-state index in [4.69, 9.17) is 0 Å². The van der Waals surface area contributed by atoms with Gasteiger partial charge in [0.05, 0.1) is 0 Å². The molecule has 0 unspecified atom stereocenters. The number of hydrogen-bond acceptors (Lipinski definition) is 1. The van der Waals surface area contributed by atoms with Crippen molar-refractivity contribution in [3.63, 3.8) is 0 Å². The third-order valence-corrected chi connectivity index (χ3v) is 7.29. The third kappa shape index (κ3) is 18.0. The number of hydrogen-bond donors (Lipinski definition) is 0. The number of rotatable bonds is 0. The maximum absolute atomic E-state index is 2.39. The van der Waals surface area contributed by atoms with E-state index in [-0.39, 0.29) is 0 Å². The van der Waals surface area contributed by atoms with Crippen molar-refractivity contribution < 1.29 is 0 Å². The monoisotopic (exact) mass is 515 g/mol. The average molecular weight is 516 g/mol. The Labute approximate surface area is 236 Å². The fourth-order valence-corrected chi connectivity index (χ4v) is 4.47. The highest BCUT2D eigenvalue weighted by molar-refractivity contribution is 5.23. The van der Waals surface area contributed by atoms with Crippen LogP contribution < -0.4 is 0 Å². The van der Waals surface area contributed by atoms with Crippen molar-refractivity contribution in [2.75, 3.05) is 20.1 Å². The predicted octanol–water partition coefficient (Wildman–Crippen LogP) is 10.6. The molecule has 1 nitrogen and oxygen atoms in total. The second-order valence-electron chi connectivity index (χ2n) is 11.5. The van der Waals surface area contributed by atoms with E-state index in [1.54, 1.807) is 0 Å². The Balaban J connectivity index is 0.000000238. The standard InChI is InChI=1S/3C8H10.C7H14.C6H13N/c1-7-3-5-8(2)6-4-7;1-7-4-3-5-8(2)6-7;1-7-5-3-4-6-8(7)2;2*1-7-5-3-2-4-6-7/h3*3-6H,1-2H3;7H,2-6H2,1H3;2-6H2,1H3. The van der Waals surface area contributed by atoms with Gasteiger partial charge in [0.15, 0.2) is 0 Å². The summed E-state index contributed by atoms with van der Waals surface area (Å²) in [6.45, 7) is 17.6. The molecule has 210 valence electrons. The Hall–Kier alpha value is -2.38. The Morgan fingerprint density at radius 1 is 0.500 bits per heavy atom. The average Bonchev–Trinajstić information content (AvgIpc) is 2.90. The van der Waals surface area contributed by atoms with E-state index >= 15 is 0 Å². The van der Waals surface area contributed by atoms with Gasteiger partial charge in [-0.3, -0.25) is 0 Å². The molecule has 2 aliphatic rings. The lowest BCUT2D eigenvalue weighted by atomic mass is 9.91. The van der Waals surface area contributed by atoms with E-state index in [9.17, 15) is 0 Å². The minimum atomic E-state index is 1.04. The number of aryl methyl sites for hydroxylation is 6. The van der Waals surface area contributed by atoms with Crippen LogP contribution in [0.4, 0.5) is 0 Å². The van der Waals surface area contributed by atoms with Crippen molar-refractivity contribution in [2.45, 2.75) is 99.8 Å². The minimum Gasteiger partial charge on any atom is -0.306 e. The van der Waals surface area contributed by atoms with Crippen molar-refractivity contribution in [1.29, 1.82) is 0 Å². The van der Waals surface area contributed by atoms with Gasteiger partial charge in [0.1, 0.15) is 0 Å². The Morgan fingerprint density at radius 3 is 1.18 bits per heavy atom. The zero-order valence-electron chi connectivity index (χ0n) is 26.0. The lowest BCUT2D eigenvalue weighted by Gasteiger charge is -2.20. The topological polar surface area (TPSA) is 3.24 Å². The lowest BCUT2D eigenvalue weighted by molar-refractivity contribution is 0.277. The Morgan fingerprint density at radius 2 is 0.921 bits per heavy atom. The highest BCUT2D eigenvalue weighted by atomic mass is 15.1. The molecule has 38 heavy (non-hydrogen) atoms. The van der Waals surface area contributed by atoms with E-state index < -0.39 is 0 Å². The molecule has 1 aliphatic heterocycles. The molecule has 0 N–H and O–H groups in total. The molecule has 3 aromatic carbocycles. The summed E-state index contributed by atoms with van der Waals surface area (Å²) in [5.74, 6) is 1.04. The smallest absolute Gasteiger partial charge is 0.00218 e. The van der Waals surface area contributed by atoms with E-state index in [2.05, 4.69) is 133 Å². The van der Waals surface area contributed by atoms with E-state index in [0.29, 0.717) is 0 Å². The van der Waals surface area contributed by atoms with E-state index in [1.165, 1.54) is 97.8 Å². The lowest BCUT2D eigenvalue weighted by Crippen LogP contribution is -2.24. The molecular weight excluding hydrogens is 458 g/mol. The number of benzene rings is 3. The largest absolute Gasteiger partial charge is 0.306 e. The zero-order chi connectivity index (χ0) is 28.2. The van der Waals surface area contributed by atoms with Crippen LogP contribution in [0.15, 0.2) is 72.8 Å². The first-order chi connectivity index (χ1) is 18.2. The van der Waals surface area contributed by atoms with Crippen LogP contribution in [0, 0.1) is 47.5 Å². The molecule has 1 heterocycles. The SMILES string of the molecule is CC1CCCCC1.CN1CCCCC1.Cc1ccc(C)cc1.Cc1cccc(C)c1.Cc1ccccc1C. The van der Waals surface area contributed by atoms with Crippen molar-refractivity contribution in [3.8, 4) is 0 Å². The van der Waals surface area contributed by atoms with Gasteiger partial charge >= 0.3 is 0 Å². The first-order valence-corrected chi connectivity index (χ1v) is 14.9. The van der Waals surface area contributed by atoms with Gasteiger partial charge in [0, 0.05) is 0 Å². The highest BCUT2D eigenvalue weighted by Crippen LogP contribution is 2.22. The van der Waals surface area contributed by atoms with Crippen LogP contribution in [-0.4, -0.2) is 25.0 Å². The van der Waals surface area contributed by atoms with Crippen molar-refractivity contribution >= 4 is 0 Å². The van der Waals surface area contributed by atoms with Gasteiger partial charge in [-0.05, 0) is 91.6 Å². The van der Waals surface area contributed by atoms with E-state index in [0.717, 1.165) is 5.92 Å². The molecule has 3 aromatic rings. The van der Waals surface area contributed by atoms with Crippen LogP contribution >= 0.6 is 0 Å². The van der Waals surface area contributed by atoms with Gasteiger partial charge in [-0.25, -0.2) is 0 Å². The minimum absolute atomic E-state index is 1.04. The second-order valence-corrected chi connectivity index (χ2v) is 11.5. The van der Waals surface area contributed by atoms with Gasteiger partial charge in [-0.1, -0.05) is 140 Å². The summed E-state index contributed by atoms with van der Waals surface area (Å²) in [7, 11) is 2.19. The molecule has 0 atom stereocenters. The highest BCUT2D eigenvalue weighted by Gasteiger charge is 2.06. The molecule has 0 amide bonds. The number of piperidine rings is 1. The number of nitrogens with zero attached hydrogens (tertiary/aromatic N) is 1. The van der Waals surface area contributed by atoms with Crippen LogP contribution in [0.1, 0.15) is 91.7 Å². The molecule has 1 saturated carbocycles. The summed E-state index contributed by atoms with van der Waals surface area (Å²) < 4.78 is 0. The van der Waals surface area contributed by atoms with Gasteiger partial charge in [-0.2, -0.15) is 0 Å². The van der Waals surface area contributed by atoms with Crippen LogP contribution in [0.2, 0.25) is 0 Å². The van der Waals surface area contributed by atoms with Gasteiger partial charge < -0.3 is 4.90 Å². The zero-order valence-corrected chi connectivity index (χ0v) is 26.0. The van der Waals surface area contributed by atoms with Crippen LogP contribution in [-0.2, 0) is 0 Å². The van der Waals surface area contributed by atoms with Crippen LogP contribution in [0.5, 0.6) is 0 Å². The quantitative estimate of drug-likeness (QED) is 0.288. The molecule has 1 heteroatoms. The Bertz CT molecular complexity index is 885. The summed E-state index contributed by atoms with van der Waals surface area (Å²) in [6, 6.07) is 25.3. The van der Waals surface area contributed by atoms with Gasteiger partial charge in [-0.15, -0.1) is 0 Å². The molecule has 2 fully saturated rings. The summed E-state index contributed by atoms with van der Waals surface area (Å²) in [5.41, 5.74) is 8.07. The first kappa shape index (κ1) is 33.6. The summed E-state index contributed by atoms with van der Waals surface area (Å²) in [6.07, 6.45) is 11.7. The maximum Gasteiger partial charge on any atom is -0.00218 e. The molecule has 0 aromatic heterocycles. The summed E-state index contributed by atoms with van der Waals surface area (Å²) in [4.78, 5) is 2.39. The predicted molar refractivity (Wildman–Crippen MR) is 171 cm³/mol. The summed E-state index contributed by atoms with van der Waals surface area (Å²) >= 11 is 0. The van der Waals surface area contributed by atoms with Crippen molar-refractivity contribution in [2.24, 2.45) is 5.92 Å². The first-order valence-electron chi connectivity index (χ1n) is 14.9. The van der Waals surface area contributed by atoms with E-state index in [1.807, 2.05) is 0 Å². The molecule has 0 radical (unpaired) electrons. The molecule has 5 rings (SSSR count). The second kappa shape index (κ2) is 20.6. The fraction of sp³-hybridized carbons (Fsp3) is 0.514. The van der Waals surface area contributed by atoms with Gasteiger partial charge in [0.25, 0.3) is 0 Å². The molecular formula is C37H57N. The van der Waals surface area contributed by atoms with Crippen molar-refractivity contribution in [3.05, 3.63) is 106 Å². The maximum atomic E-state index is 2.39. The molecule has 0 spiro atoms. The molecule has 1 aliphatic carbocycles. The summed E-state index contributed by atoms with van der Waals surface area (Å²) in [5, 5.41) is 0. The van der Waals surface area contributed by atoms with Crippen LogP contribution in [0.25, 0.3) is 0 Å². The third-order valence-electron chi connectivity index (χ3n) is 7.29. The van der Waals surface area contributed by atoms with Gasteiger partial charge in [0.2, 0.25) is 0 Å². The van der Waals surface area contributed by atoms with Crippen LogP contribution in [0.3, 0.4) is 0 Å².